The third-order valence-corrected chi connectivity index (χ3v) is 5.41. The van der Waals surface area contributed by atoms with Crippen LogP contribution in [-0.2, 0) is 14.8 Å². The Labute approximate surface area is 124 Å². The van der Waals surface area contributed by atoms with Gasteiger partial charge in [-0.3, -0.25) is 14.9 Å². The zero-order valence-electron chi connectivity index (χ0n) is 10.9. The lowest BCUT2D eigenvalue weighted by molar-refractivity contribution is -0.383. The molecule has 1 aromatic rings. The van der Waals surface area contributed by atoms with Crippen LogP contribution in [0.15, 0.2) is 10.3 Å². The van der Waals surface area contributed by atoms with Crippen molar-refractivity contribution in [2.75, 3.05) is 12.0 Å². The summed E-state index contributed by atoms with van der Waals surface area (Å²) >= 11 is 0.661. The Bertz CT molecular complexity index is 626. The van der Waals surface area contributed by atoms with E-state index in [1.807, 2.05) is 0 Å². The average Bonchev–Trinajstić information content (AvgIpc) is 2.82. The van der Waals surface area contributed by atoms with E-state index >= 15 is 0 Å². The molecule has 0 atom stereocenters. The van der Waals surface area contributed by atoms with E-state index in [9.17, 15) is 23.3 Å². The highest BCUT2D eigenvalue weighted by atomic mass is 32.2. The number of nitrogen functional groups attached to an aromatic ring is 1. The van der Waals surface area contributed by atoms with E-state index in [0.29, 0.717) is 24.2 Å². The summed E-state index contributed by atoms with van der Waals surface area (Å²) in [4.78, 5) is 20.5. The molecule has 0 aliphatic rings. The monoisotopic (exact) mass is 337 g/mol. The lowest BCUT2D eigenvalue weighted by atomic mass is 10.2. The predicted molar refractivity (Wildman–Crippen MR) is 77.0 cm³/mol. The number of nitro groups is 1. The van der Waals surface area contributed by atoms with E-state index in [1.54, 1.807) is 0 Å². The lowest BCUT2D eigenvalue weighted by Crippen LogP contribution is -2.24. The molecule has 0 aliphatic carbocycles. The summed E-state index contributed by atoms with van der Waals surface area (Å²) < 4.78 is 26.0. The molecule has 12 heteroatoms. The second-order valence-electron chi connectivity index (χ2n) is 4.00. The van der Waals surface area contributed by atoms with Crippen molar-refractivity contribution in [2.45, 2.75) is 23.5 Å². The van der Waals surface area contributed by atoms with Crippen LogP contribution < -0.4 is 21.7 Å². The Hall–Kier alpha value is -1.76. The molecule has 0 radical (unpaired) electrons. The van der Waals surface area contributed by atoms with Crippen molar-refractivity contribution in [1.82, 2.24) is 4.72 Å². The SMILES string of the molecule is NNc1sc(S(=O)(=O)NCCCCC(N)=O)cc1[N+](=O)[O-]. The van der Waals surface area contributed by atoms with Gasteiger partial charge >= 0.3 is 5.69 Å². The molecule has 0 aromatic carbocycles. The van der Waals surface area contributed by atoms with Gasteiger partial charge in [0.05, 0.1) is 4.92 Å². The van der Waals surface area contributed by atoms with Gasteiger partial charge < -0.3 is 11.2 Å². The first-order valence-electron chi connectivity index (χ1n) is 5.80. The number of primary amides is 1. The number of hydrazine groups is 1. The van der Waals surface area contributed by atoms with Crippen molar-refractivity contribution in [3.63, 3.8) is 0 Å². The van der Waals surface area contributed by atoms with Crippen molar-refractivity contribution in [1.29, 1.82) is 0 Å². The molecule has 0 spiro atoms. The number of carbonyl (C=O) groups is 1. The minimum absolute atomic E-state index is 0.0471. The lowest BCUT2D eigenvalue weighted by Gasteiger charge is -2.03. The second-order valence-corrected chi connectivity index (χ2v) is 7.05. The summed E-state index contributed by atoms with van der Waals surface area (Å²) in [6.45, 7) is 0.104. The van der Waals surface area contributed by atoms with E-state index in [-0.39, 0.29) is 22.2 Å². The predicted octanol–water partition coefficient (Wildman–Crippen LogP) is -0.124. The first-order valence-corrected chi connectivity index (χ1v) is 8.10. The highest BCUT2D eigenvalue weighted by molar-refractivity contribution is 7.91. The van der Waals surface area contributed by atoms with Crippen LogP contribution in [0.3, 0.4) is 0 Å². The summed E-state index contributed by atoms with van der Waals surface area (Å²) in [5, 5.41) is 10.7. The Kier molecular flexibility index (Phi) is 6.02. The summed E-state index contributed by atoms with van der Waals surface area (Å²) in [5.74, 6) is 4.66. The normalized spacial score (nSPS) is 11.3. The Morgan fingerprint density at radius 1 is 1.43 bits per heavy atom. The number of nitrogens with one attached hydrogen (secondary N) is 2. The van der Waals surface area contributed by atoms with Crippen LogP contribution in [0.1, 0.15) is 19.3 Å². The van der Waals surface area contributed by atoms with Crippen molar-refractivity contribution in [3.05, 3.63) is 16.2 Å². The van der Waals surface area contributed by atoms with Gasteiger partial charge in [-0.05, 0) is 12.8 Å². The molecule has 0 bridgehead atoms. The van der Waals surface area contributed by atoms with Crippen LogP contribution in [0.4, 0.5) is 10.7 Å². The molecule has 1 rings (SSSR count). The number of carbonyl (C=O) groups excluding carboxylic acids is 1. The van der Waals surface area contributed by atoms with E-state index in [0.717, 1.165) is 6.07 Å². The fourth-order valence-electron chi connectivity index (χ4n) is 1.43. The zero-order valence-corrected chi connectivity index (χ0v) is 12.5. The Morgan fingerprint density at radius 3 is 2.57 bits per heavy atom. The van der Waals surface area contributed by atoms with E-state index in [1.165, 1.54) is 0 Å². The number of hydrogen-bond donors (Lipinski definition) is 4. The van der Waals surface area contributed by atoms with Gasteiger partial charge in [0.2, 0.25) is 15.9 Å². The first-order chi connectivity index (χ1) is 9.77. The first kappa shape index (κ1) is 17.3. The van der Waals surface area contributed by atoms with Gasteiger partial charge in [-0.1, -0.05) is 11.3 Å². The van der Waals surface area contributed by atoms with Crippen LogP contribution in [0, 0.1) is 10.1 Å². The number of rotatable bonds is 9. The van der Waals surface area contributed by atoms with Gasteiger partial charge in [0.25, 0.3) is 0 Å². The third kappa shape index (κ3) is 4.93. The van der Waals surface area contributed by atoms with Crippen LogP contribution in [0.25, 0.3) is 0 Å². The number of nitrogens with zero attached hydrogens (tertiary/aromatic N) is 1. The van der Waals surface area contributed by atoms with E-state index in [4.69, 9.17) is 11.6 Å². The number of nitrogens with two attached hydrogens (primary N) is 2. The summed E-state index contributed by atoms with van der Waals surface area (Å²) in [7, 11) is -3.85. The van der Waals surface area contributed by atoms with Crippen LogP contribution in [-0.4, -0.2) is 25.8 Å². The molecule has 0 saturated heterocycles. The number of sulfonamides is 1. The fraction of sp³-hybridized carbons (Fsp3) is 0.444. The maximum absolute atomic E-state index is 11.9. The maximum Gasteiger partial charge on any atom is 0.306 e. The molecule has 1 amide bonds. The summed E-state index contributed by atoms with van der Waals surface area (Å²) in [6, 6.07) is 0.936. The third-order valence-electron chi connectivity index (χ3n) is 2.42. The van der Waals surface area contributed by atoms with E-state index < -0.39 is 26.5 Å². The minimum atomic E-state index is -3.85. The second kappa shape index (κ2) is 7.31. The number of unbranched alkanes of at least 4 members (excludes halogenated alkanes) is 1. The molecule has 0 aliphatic heterocycles. The molecule has 6 N–H and O–H groups in total. The Morgan fingerprint density at radius 2 is 2.10 bits per heavy atom. The highest BCUT2D eigenvalue weighted by Crippen LogP contribution is 2.36. The molecule has 1 heterocycles. The van der Waals surface area contributed by atoms with Gasteiger partial charge in [-0.25, -0.2) is 19.0 Å². The molecule has 10 nitrogen and oxygen atoms in total. The quantitative estimate of drug-likeness (QED) is 0.210. The fourth-order valence-corrected chi connectivity index (χ4v) is 3.79. The number of amides is 1. The van der Waals surface area contributed by atoms with Crippen molar-refractivity contribution in [2.24, 2.45) is 11.6 Å². The molecule has 21 heavy (non-hydrogen) atoms. The molecular weight excluding hydrogens is 322 g/mol. The Balaban J connectivity index is 2.70. The molecule has 118 valence electrons. The number of anilines is 1. The van der Waals surface area contributed by atoms with Crippen LogP contribution in [0.5, 0.6) is 0 Å². The standard InChI is InChI=1S/C9H15N5O5S2/c10-7(15)3-1-2-4-12-21(18,19)8-5-6(14(16)17)9(13-11)20-8/h5,12-13H,1-4,11H2,(H2,10,15). The molecule has 1 aromatic heterocycles. The smallest absolute Gasteiger partial charge is 0.306 e. The van der Waals surface area contributed by atoms with Crippen molar-refractivity contribution in [3.8, 4) is 0 Å². The summed E-state index contributed by atoms with van der Waals surface area (Å²) in [6.07, 6.45) is 1.06. The molecule has 0 saturated carbocycles. The van der Waals surface area contributed by atoms with Crippen molar-refractivity contribution < 1.29 is 18.1 Å². The average molecular weight is 337 g/mol. The topological polar surface area (TPSA) is 170 Å². The van der Waals surface area contributed by atoms with Gasteiger partial charge in [-0.2, -0.15) is 0 Å². The van der Waals surface area contributed by atoms with Crippen molar-refractivity contribution >= 4 is 38.0 Å². The number of thiophene rings is 1. The minimum Gasteiger partial charge on any atom is -0.370 e. The highest BCUT2D eigenvalue weighted by Gasteiger charge is 2.25. The molecule has 0 fully saturated rings. The van der Waals surface area contributed by atoms with Gasteiger partial charge in [0.15, 0.2) is 5.00 Å². The zero-order chi connectivity index (χ0) is 16.0. The van der Waals surface area contributed by atoms with Crippen LogP contribution >= 0.6 is 11.3 Å². The van der Waals surface area contributed by atoms with Crippen LogP contribution in [0.2, 0.25) is 0 Å². The van der Waals surface area contributed by atoms with Gasteiger partial charge in [0, 0.05) is 19.0 Å². The van der Waals surface area contributed by atoms with Gasteiger partial charge in [0.1, 0.15) is 4.21 Å². The maximum atomic E-state index is 11.9. The number of hydrogen-bond acceptors (Lipinski definition) is 8. The van der Waals surface area contributed by atoms with Gasteiger partial charge in [-0.15, -0.1) is 0 Å². The molecular formula is C9H15N5O5S2. The molecule has 0 unspecified atom stereocenters. The summed E-state index contributed by atoms with van der Waals surface area (Å²) in [5.41, 5.74) is 6.64. The largest absolute Gasteiger partial charge is 0.370 e. The van der Waals surface area contributed by atoms with E-state index in [2.05, 4.69) is 10.1 Å².